The lowest BCUT2D eigenvalue weighted by atomic mass is 9.91. The van der Waals surface area contributed by atoms with Crippen molar-refractivity contribution in [2.45, 2.75) is 81.7 Å². The fourth-order valence-electron chi connectivity index (χ4n) is 8.62. The number of anilines is 1. The van der Waals surface area contributed by atoms with Gasteiger partial charge >= 0.3 is 0 Å². The predicted octanol–water partition coefficient (Wildman–Crippen LogP) is 5.78. The summed E-state index contributed by atoms with van der Waals surface area (Å²) in [5, 5.41) is 5.34. The molecule has 1 unspecified atom stereocenters. The quantitative estimate of drug-likeness (QED) is 0.0753. The number of imide groups is 1. The Morgan fingerprint density at radius 2 is 1.68 bits per heavy atom. The summed E-state index contributed by atoms with van der Waals surface area (Å²) in [6.45, 7) is 7.76. The maximum absolute atomic E-state index is 13.3. The molecular weight excluding hydrogens is 763 g/mol. The van der Waals surface area contributed by atoms with Gasteiger partial charge in [0, 0.05) is 99.0 Å². The molecule has 0 saturated carbocycles. The summed E-state index contributed by atoms with van der Waals surface area (Å²) in [6.07, 6.45) is 16.0. The average molecular weight is 820 g/mol. The first-order chi connectivity index (χ1) is 28.8. The second-order valence-electron chi connectivity index (χ2n) is 16.1. The van der Waals surface area contributed by atoms with Crippen LogP contribution in [0, 0.1) is 5.92 Å². The van der Waals surface area contributed by atoms with Gasteiger partial charge in [-0.1, -0.05) is 31.4 Å². The van der Waals surface area contributed by atoms with Gasteiger partial charge in [-0.3, -0.25) is 39.2 Å². The minimum atomic E-state index is -0.590. The van der Waals surface area contributed by atoms with Crippen LogP contribution < -0.4 is 15.5 Å². The van der Waals surface area contributed by atoms with Gasteiger partial charge in [-0.05, 0) is 116 Å². The van der Waals surface area contributed by atoms with Gasteiger partial charge in [-0.15, -0.1) is 11.8 Å². The predicted molar refractivity (Wildman–Crippen MR) is 231 cm³/mol. The number of piperidine rings is 2. The highest BCUT2D eigenvalue weighted by Crippen LogP contribution is 2.35. The van der Waals surface area contributed by atoms with E-state index in [-0.39, 0.29) is 36.0 Å². The number of nitrogens with one attached hydrogen (secondary N) is 2. The molecule has 59 heavy (non-hydrogen) atoms. The number of unbranched alkanes of at least 4 members (excludes halogenated alkanes) is 3. The van der Waals surface area contributed by atoms with Gasteiger partial charge in [0.15, 0.2) is 0 Å². The molecule has 0 aliphatic carbocycles. The van der Waals surface area contributed by atoms with Crippen LogP contribution in [-0.2, 0) is 20.9 Å². The van der Waals surface area contributed by atoms with Crippen molar-refractivity contribution in [2.24, 2.45) is 5.92 Å². The number of aromatic nitrogens is 1. The SMILES string of the molecule is O=C(/C=C/c1cccnc1)NCCCCC1CCN(C(=O)c2ccc(N3CCN(CCCCCSc4cccc5c4CN(C4CCC(=O)NC4=O)C5=O)CC3)cc2)CC1. The van der Waals surface area contributed by atoms with E-state index in [9.17, 15) is 24.0 Å². The molecule has 2 N–H and O–H groups in total. The number of rotatable bonds is 17. The zero-order valence-electron chi connectivity index (χ0n) is 34.0. The maximum atomic E-state index is 13.3. The van der Waals surface area contributed by atoms with E-state index in [1.54, 1.807) is 41.2 Å². The van der Waals surface area contributed by atoms with Crippen LogP contribution in [0.25, 0.3) is 6.08 Å². The molecule has 312 valence electrons. The van der Waals surface area contributed by atoms with Crippen molar-refractivity contribution in [3.63, 3.8) is 0 Å². The number of nitrogens with zero attached hydrogens (tertiary/aromatic N) is 5. The second kappa shape index (κ2) is 20.8. The Morgan fingerprint density at radius 3 is 2.44 bits per heavy atom. The smallest absolute Gasteiger partial charge is 0.255 e. The number of fused-ring (bicyclic) bond motifs is 1. The molecule has 5 amide bonds. The Bertz CT molecular complexity index is 1960. The Hall–Kier alpha value is -5.01. The Morgan fingerprint density at radius 1 is 0.864 bits per heavy atom. The van der Waals surface area contributed by atoms with E-state index in [2.05, 4.69) is 43.6 Å². The fraction of sp³-hybridized carbons (Fsp3) is 0.478. The molecule has 3 fully saturated rings. The van der Waals surface area contributed by atoms with Crippen LogP contribution in [0.5, 0.6) is 0 Å². The highest BCUT2D eigenvalue weighted by Gasteiger charge is 2.39. The van der Waals surface area contributed by atoms with Crippen LogP contribution >= 0.6 is 11.8 Å². The summed E-state index contributed by atoms with van der Waals surface area (Å²) >= 11 is 1.79. The number of hydrogen-bond acceptors (Lipinski definition) is 9. The van der Waals surface area contributed by atoms with Crippen molar-refractivity contribution in [3.05, 3.63) is 95.3 Å². The molecule has 0 bridgehead atoms. The van der Waals surface area contributed by atoms with Crippen LogP contribution in [0.15, 0.2) is 78.0 Å². The van der Waals surface area contributed by atoms with Gasteiger partial charge in [0.05, 0.1) is 0 Å². The number of piperazine rings is 1. The summed E-state index contributed by atoms with van der Waals surface area (Å²) in [6, 6.07) is 17.2. The zero-order chi connectivity index (χ0) is 41.0. The van der Waals surface area contributed by atoms with Crippen molar-refractivity contribution in [1.82, 2.24) is 30.3 Å². The lowest BCUT2D eigenvalue weighted by Gasteiger charge is -2.36. The molecule has 3 aromatic rings. The molecule has 5 heterocycles. The zero-order valence-corrected chi connectivity index (χ0v) is 34.8. The van der Waals surface area contributed by atoms with Gasteiger partial charge in [0.2, 0.25) is 17.7 Å². The van der Waals surface area contributed by atoms with E-state index in [0.29, 0.717) is 31.0 Å². The van der Waals surface area contributed by atoms with Crippen LogP contribution in [0.3, 0.4) is 0 Å². The van der Waals surface area contributed by atoms with Crippen molar-refractivity contribution in [2.75, 3.05) is 63.0 Å². The second-order valence-corrected chi connectivity index (χ2v) is 17.2. The maximum Gasteiger partial charge on any atom is 0.255 e. The standard InChI is InChI=1S/C46H57N7O5S/c54-42(18-12-35-9-7-22-47-32-35)48-23-3-2-8-34-20-25-52(26-21-34)45(57)36-13-15-37(16-14-36)51-29-27-50(28-30-51)24-4-1-5-31-59-41-11-6-10-38-39(41)33-53(46(38)58)40-17-19-43(55)49-44(40)56/h6-7,9-16,18,22,32,34,40H,1-5,8,17,19-21,23-31,33H2,(H,48,54)(H,49,55,56)/b18-12+. The van der Waals surface area contributed by atoms with Crippen molar-refractivity contribution in [3.8, 4) is 0 Å². The lowest BCUT2D eigenvalue weighted by molar-refractivity contribution is -0.137. The van der Waals surface area contributed by atoms with Crippen LogP contribution in [-0.4, -0.2) is 113 Å². The van der Waals surface area contributed by atoms with E-state index >= 15 is 0 Å². The first-order valence-electron chi connectivity index (χ1n) is 21.4. The van der Waals surface area contributed by atoms with Crippen LogP contribution in [0.1, 0.15) is 96.1 Å². The van der Waals surface area contributed by atoms with E-state index < -0.39 is 6.04 Å². The number of carbonyl (C=O) groups excluding carboxylic acids is 5. The average Bonchev–Trinajstić information content (AvgIpc) is 3.60. The van der Waals surface area contributed by atoms with Gasteiger partial charge in [0.25, 0.3) is 11.8 Å². The summed E-state index contributed by atoms with van der Waals surface area (Å²) < 4.78 is 0. The monoisotopic (exact) mass is 819 g/mol. The summed E-state index contributed by atoms with van der Waals surface area (Å²) in [4.78, 5) is 76.4. The summed E-state index contributed by atoms with van der Waals surface area (Å²) in [7, 11) is 0. The van der Waals surface area contributed by atoms with Gasteiger partial charge in [-0.25, -0.2) is 0 Å². The Balaban J connectivity index is 0.736. The number of amides is 5. The summed E-state index contributed by atoms with van der Waals surface area (Å²) in [5.74, 6) is 0.871. The number of hydrogen-bond donors (Lipinski definition) is 2. The van der Waals surface area contributed by atoms with Gasteiger partial charge in [-0.2, -0.15) is 0 Å². The van der Waals surface area contributed by atoms with E-state index in [1.807, 2.05) is 41.3 Å². The number of likely N-dealkylation sites (tertiary alicyclic amines) is 1. The van der Waals surface area contributed by atoms with Gasteiger partial charge < -0.3 is 20.0 Å². The lowest BCUT2D eigenvalue weighted by Crippen LogP contribution is -2.52. The molecule has 4 aliphatic rings. The molecule has 2 aromatic carbocycles. The largest absolute Gasteiger partial charge is 0.369 e. The minimum absolute atomic E-state index is 0.0824. The molecule has 12 nitrogen and oxygen atoms in total. The molecular formula is C46H57N7O5S. The topological polar surface area (TPSA) is 135 Å². The van der Waals surface area contributed by atoms with Crippen molar-refractivity contribution in [1.29, 1.82) is 0 Å². The third-order valence-electron chi connectivity index (χ3n) is 12.1. The molecule has 4 aliphatic heterocycles. The Kier molecular flexibility index (Phi) is 14.8. The summed E-state index contributed by atoms with van der Waals surface area (Å²) in [5.41, 5.74) is 4.51. The first-order valence-corrected chi connectivity index (χ1v) is 22.4. The molecule has 1 atom stereocenters. The van der Waals surface area contributed by atoms with E-state index in [4.69, 9.17) is 0 Å². The third kappa shape index (κ3) is 11.4. The highest BCUT2D eigenvalue weighted by molar-refractivity contribution is 7.99. The van der Waals surface area contributed by atoms with Crippen molar-refractivity contribution < 1.29 is 24.0 Å². The van der Waals surface area contributed by atoms with Crippen LogP contribution in [0.4, 0.5) is 5.69 Å². The van der Waals surface area contributed by atoms with Crippen molar-refractivity contribution >= 4 is 53.1 Å². The number of carbonyl (C=O) groups is 5. The molecule has 0 spiro atoms. The molecule has 0 radical (unpaired) electrons. The van der Waals surface area contributed by atoms with E-state index in [1.165, 1.54) is 5.69 Å². The highest BCUT2D eigenvalue weighted by atomic mass is 32.2. The van der Waals surface area contributed by atoms with Gasteiger partial charge in [0.1, 0.15) is 6.04 Å². The number of thioether (sulfide) groups is 1. The molecule has 7 rings (SSSR count). The number of benzene rings is 2. The molecule has 13 heteroatoms. The number of pyridine rings is 1. The van der Waals surface area contributed by atoms with E-state index in [0.717, 1.165) is 125 Å². The normalized spacial score (nSPS) is 19.0. The van der Waals surface area contributed by atoms with Crippen LogP contribution in [0.2, 0.25) is 0 Å². The third-order valence-corrected chi connectivity index (χ3v) is 13.3. The Labute approximate surface area is 352 Å². The minimum Gasteiger partial charge on any atom is -0.369 e. The first kappa shape index (κ1) is 42.1. The molecule has 3 saturated heterocycles. The molecule has 1 aromatic heterocycles. The fourth-order valence-corrected chi connectivity index (χ4v) is 9.71.